The van der Waals surface area contributed by atoms with Crippen LogP contribution in [0.3, 0.4) is 0 Å². The summed E-state index contributed by atoms with van der Waals surface area (Å²) in [6, 6.07) is 18.1. The molecule has 1 aliphatic rings. The minimum absolute atomic E-state index is 0.165. The first-order valence-corrected chi connectivity index (χ1v) is 12.5. The Morgan fingerprint density at radius 1 is 1.03 bits per heavy atom. The maximum absolute atomic E-state index is 13.9. The van der Waals surface area contributed by atoms with E-state index < -0.39 is 36.2 Å². The van der Waals surface area contributed by atoms with E-state index in [1.807, 2.05) is 13.0 Å². The fourth-order valence-electron chi connectivity index (χ4n) is 4.67. The molecule has 36 heavy (non-hydrogen) atoms. The van der Waals surface area contributed by atoms with Crippen molar-refractivity contribution >= 4 is 35.1 Å². The lowest BCUT2D eigenvalue weighted by molar-refractivity contribution is -0.184. The van der Waals surface area contributed by atoms with Crippen LogP contribution in [-0.4, -0.2) is 34.0 Å². The zero-order valence-electron chi connectivity index (χ0n) is 19.6. The average Bonchev–Trinajstić information content (AvgIpc) is 2.85. The van der Waals surface area contributed by atoms with Crippen molar-refractivity contribution in [2.75, 3.05) is 0 Å². The van der Waals surface area contributed by atoms with Gasteiger partial charge in [-0.1, -0.05) is 72.9 Å². The highest BCUT2D eigenvalue weighted by atomic mass is 35.5. The van der Waals surface area contributed by atoms with Gasteiger partial charge in [-0.2, -0.15) is 0 Å². The number of carbonyl (C=O) groups is 2. The summed E-state index contributed by atoms with van der Waals surface area (Å²) in [5, 5.41) is 11.2. The van der Waals surface area contributed by atoms with Crippen molar-refractivity contribution in [2.45, 2.75) is 50.5 Å². The number of amides is 1. The van der Waals surface area contributed by atoms with Crippen molar-refractivity contribution in [3.63, 3.8) is 0 Å². The van der Waals surface area contributed by atoms with E-state index in [1.54, 1.807) is 54.6 Å². The van der Waals surface area contributed by atoms with Gasteiger partial charge in [0.2, 0.25) is 0 Å². The average molecular weight is 530 g/mol. The number of rotatable bonds is 8. The number of carbonyl (C=O) groups excluding carboxylic acids is 1. The summed E-state index contributed by atoms with van der Waals surface area (Å²) < 4.78 is 19.9. The first-order chi connectivity index (χ1) is 17.3. The van der Waals surface area contributed by atoms with E-state index in [-0.39, 0.29) is 18.7 Å². The number of carboxylic acid groups (broad SMARTS) is 1. The van der Waals surface area contributed by atoms with Gasteiger partial charge in [0.15, 0.2) is 0 Å². The Morgan fingerprint density at radius 3 is 2.33 bits per heavy atom. The van der Waals surface area contributed by atoms with Crippen molar-refractivity contribution in [1.29, 1.82) is 0 Å². The molecule has 0 bridgehead atoms. The van der Waals surface area contributed by atoms with Gasteiger partial charge in [0.1, 0.15) is 24.1 Å². The topological polar surface area (TPSA) is 66.8 Å². The molecule has 3 aromatic rings. The van der Waals surface area contributed by atoms with Gasteiger partial charge in [-0.25, -0.2) is 9.18 Å². The summed E-state index contributed by atoms with van der Waals surface area (Å²) in [6.07, 6.45) is -0.664. The van der Waals surface area contributed by atoms with Crippen molar-refractivity contribution in [3.8, 4) is 0 Å². The van der Waals surface area contributed by atoms with Crippen molar-refractivity contribution in [1.82, 2.24) is 4.90 Å². The first-order valence-electron chi connectivity index (χ1n) is 11.7. The molecule has 0 radical (unpaired) electrons. The lowest BCUT2D eigenvalue weighted by atomic mass is 9.88. The number of aliphatic carboxylic acids is 1. The van der Waals surface area contributed by atoms with Crippen LogP contribution in [0.2, 0.25) is 10.0 Å². The van der Waals surface area contributed by atoms with Crippen LogP contribution in [0.25, 0.3) is 0 Å². The number of hydrogen-bond acceptors (Lipinski definition) is 3. The second-order valence-corrected chi connectivity index (χ2v) is 9.69. The molecule has 1 N–H and O–H groups in total. The summed E-state index contributed by atoms with van der Waals surface area (Å²) in [7, 11) is 0. The lowest BCUT2D eigenvalue weighted by Gasteiger charge is -2.47. The molecule has 1 fully saturated rings. The van der Waals surface area contributed by atoms with E-state index in [0.717, 1.165) is 0 Å². The molecule has 1 aliphatic heterocycles. The monoisotopic (exact) mass is 529 g/mol. The van der Waals surface area contributed by atoms with Crippen LogP contribution in [0.5, 0.6) is 0 Å². The molecular formula is C28H26Cl2FNO4. The third-order valence-electron chi connectivity index (χ3n) is 6.33. The molecule has 0 aromatic heterocycles. The van der Waals surface area contributed by atoms with Crippen LogP contribution in [-0.2, 0) is 20.7 Å². The molecule has 4 atom stereocenters. The van der Waals surface area contributed by atoms with Crippen molar-refractivity contribution in [3.05, 3.63) is 105 Å². The molecule has 1 amide bonds. The molecule has 8 heteroatoms. The molecule has 0 aliphatic carbocycles. The Kier molecular flexibility index (Phi) is 8.29. The van der Waals surface area contributed by atoms with Gasteiger partial charge in [0.05, 0.1) is 6.04 Å². The molecule has 1 heterocycles. The zero-order valence-corrected chi connectivity index (χ0v) is 21.1. The Balaban J connectivity index is 1.85. The molecule has 3 aromatic carbocycles. The molecular weight excluding hydrogens is 504 g/mol. The fourth-order valence-corrected chi connectivity index (χ4v) is 5.00. The molecule has 0 unspecified atom stereocenters. The van der Waals surface area contributed by atoms with Crippen molar-refractivity contribution < 1.29 is 23.8 Å². The Morgan fingerprint density at radius 2 is 1.72 bits per heavy atom. The van der Waals surface area contributed by atoms with Gasteiger partial charge in [-0.3, -0.25) is 4.79 Å². The maximum atomic E-state index is 13.9. The van der Waals surface area contributed by atoms with E-state index in [4.69, 9.17) is 27.9 Å². The number of benzene rings is 3. The molecule has 4 rings (SSSR count). The molecule has 1 saturated heterocycles. The van der Waals surface area contributed by atoms with Gasteiger partial charge in [-0.05, 0) is 59.5 Å². The lowest BCUT2D eigenvalue weighted by Crippen LogP contribution is -2.57. The number of halogens is 3. The fraction of sp³-hybridized carbons (Fsp3) is 0.286. The SMILES string of the molecule is CCC[C@@H](C(=O)O)N1C(=O)[C@H](Cc2ccc(F)cc2)O[C@@H](c2cccc(Cl)c2)[C@H]1c1ccc(Cl)cc1. The van der Waals surface area contributed by atoms with Crippen LogP contribution in [0.15, 0.2) is 72.8 Å². The second kappa shape index (κ2) is 11.4. The van der Waals surface area contributed by atoms with Crippen LogP contribution < -0.4 is 0 Å². The van der Waals surface area contributed by atoms with Gasteiger partial charge >= 0.3 is 5.97 Å². The predicted octanol–water partition coefficient (Wildman–Crippen LogP) is 6.64. The van der Waals surface area contributed by atoms with Gasteiger partial charge in [-0.15, -0.1) is 0 Å². The minimum atomic E-state index is -1.09. The molecule has 188 valence electrons. The maximum Gasteiger partial charge on any atom is 0.326 e. The van der Waals surface area contributed by atoms with Gasteiger partial charge < -0.3 is 14.7 Å². The standard InChI is InChI=1S/C28H26Cl2FNO4/c1-2-4-23(28(34)35)32-25(18-9-11-20(29)12-10-18)26(19-5-3-6-21(30)16-19)36-24(27(32)33)15-17-7-13-22(31)14-8-17/h3,5-14,16,23-26H,2,4,15H2,1H3,(H,34,35)/t23-,24-,25+,26-/m0/s1. The first kappa shape index (κ1) is 26.1. The highest BCUT2D eigenvalue weighted by molar-refractivity contribution is 6.30. The third-order valence-corrected chi connectivity index (χ3v) is 6.82. The Labute approximate surface area is 219 Å². The quantitative estimate of drug-likeness (QED) is 0.355. The highest BCUT2D eigenvalue weighted by Gasteiger charge is 2.48. The van der Waals surface area contributed by atoms with E-state index in [1.165, 1.54) is 17.0 Å². The van der Waals surface area contributed by atoms with Gasteiger partial charge in [0.25, 0.3) is 5.91 Å². The largest absolute Gasteiger partial charge is 0.480 e. The number of nitrogens with zero attached hydrogens (tertiary/aromatic N) is 1. The van der Waals surface area contributed by atoms with Gasteiger partial charge in [0, 0.05) is 16.5 Å². The van der Waals surface area contributed by atoms with Crippen molar-refractivity contribution in [2.24, 2.45) is 0 Å². The minimum Gasteiger partial charge on any atom is -0.480 e. The summed E-state index contributed by atoms with van der Waals surface area (Å²) in [5.74, 6) is -1.90. The summed E-state index contributed by atoms with van der Waals surface area (Å²) in [6.45, 7) is 1.88. The van der Waals surface area contributed by atoms with E-state index in [0.29, 0.717) is 33.2 Å². The van der Waals surface area contributed by atoms with E-state index in [9.17, 15) is 19.1 Å². The molecule has 0 saturated carbocycles. The molecule has 5 nitrogen and oxygen atoms in total. The van der Waals surface area contributed by atoms with Crippen LogP contribution >= 0.6 is 23.2 Å². The van der Waals surface area contributed by atoms with E-state index >= 15 is 0 Å². The normalized spacial score (nSPS) is 20.8. The predicted molar refractivity (Wildman–Crippen MR) is 137 cm³/mol. The smallest absolute Gasteiger partial charge is 0.326 e. The number of hydrogen-bond donors (Lipinski definition) is 1. The number of morpholine rings is 1. The highest BCUT2D eigenvalue weighted by Crippen LogP contribution is 2.44. The number of carboxylic acids is 1. The third kappa shape index (κ3) is 5.72. The van der Waals surface area contributed by atoms with E-state index in [2.05, 4.69) is 0 Å². The summed E-state index contributed by atoms with van der Waals surface area (Å²) in [5.41, 5.74) is 2.11. The second-order valence-electron chi connectivity index (χ2n) is 8.82. The van der Waals surface area contributed by atoms with Crippen LogP contribution in [0.1, 0.15) is 48.6 Å². The summed E-state index contributed by atoms with van der Waals surface area (Å²) >= 11 is 12.4. The number of ether oxygens (including phenoxy) is 1. The summed E-state index contributed by atoms with van der Waals surface area (Å²) in [4.78, 5) is 27.8. The van der Waals surface area contributed by atoms with Crippen LogP contribution in [0, 0.1) is 5.82 Å². The Bertz CT molecular complexity index is 1220. The zero-order chi connectivity index (χ0) is 25.8. The Hall–Kier alpha value is -2.93. The molecule has 0 spiro atoms. The van der Waals surface area contributed by atoms with Crippen LogP contribution in [0.4, 0.5) is 4.39 Å².